The maximum Gasteiger partial charge on any atom is 0.134 e. The minimum atomic E-state index is 0.803. The van der Waals surface area contributed by atoms with Gasteiger partial charge in [0.05, 0.1) is 0 Å². The fourth-order valence-corrected chi connectivity index (χ4v) is 5.54. The smallest absolute Gasteiger partial charge is 0.134 e. The minimum absolute atomic E-state index is 0.803. The lowest BCUT2D eigenvalue weighted by Crippen LogP contribution is -1.93. The second kappa shape index (κ2) is 16.7. The Morgan fingerprint density at radius 2 is 1.64 bits per heavy atom. The Balaban J connectivity index is 0.00000216. The normalized spacial score (nSPS) is 13.5. The van der Waals surface area contributed by atoms with Gasteiger partial charge in [-0.15, -0.1) is 0 Å². The summed E-state index contributed by atoms with van der Waals surface area (Å²) in [6, 6.07) is 21.6. The summed E-state index contributed by atoms with van der Waals surface area (Å²) in [5, 5.41) is 2.46. The predicted octanol–water partition coefficient (Wildman–Crippen LogP) is 12.9. The van der Waals surface area contributed by atoms with E-state index in [1.54, 1.807) is 0 Å². The highest BCUT2D eigenvalue weighted by Gasteiger charge is 2.17. The zero-order chi connectivity index (χ0) is 31.1. The number of hydrogen-bond acceptors (Lipinski definition) is 1. The Labute approximate surface area is 264 Å². The van der Waals surface area contributed by atoms with Crippen LogP contribution < -0.4 is 0 Å². The van der Waals surface area contributed by atoms with E-state index in [1.165, 1.54) is 38.6 Å². The molecule has 0 radical (unpaired) electrons. The van der Waals surface area contributed by atoms with Crippen LogP contribution in [0.15, 0.2) is 132 Å². The zero-order valence-electron chi connectivity index (χ0n) is 26.6. The first-order valence-corrected chi connectivity index (χ1v) is 15.8. The Kier molecular flexibility index (Phi) is 12.1. The molecule has 0 atom stereocenters. The highest BCUT2D eigenvalue weighted by molar-refractivity contribution is 6.06. The van der Waals surface area contributed by atoms with Gasteiger partial charge >= 0.3 is 0 Å². The summed E-state index contributed by atoms with van der Waals surface area (Å²) >= 11 is 0. The van der Waals surface area contributed by atoms with Crippen LogP contribution in [0.1, 0.15) is 74.3 Å². The molecule has 0 N–H and O–H groups in total. The van der Waals surface area contributed by atoms with Gasteiger partial charge in [0.1, 0.15) is 11.5 Å². The summed E-state index contributed by atoms with van der Waals surface area (Å²) in [4.78, 5) is 0. The summed E-state index contributed by atoms with van der Waals surface area (Å²) < 4.78 is 6.16. The molecule has 0 spiro atoms. The highest BCUT2D eigenvalue weighted by Crippen LogP contribution is 2.38. The molecule has 0 unspecified atom stereocenters. The third-order valence-electron chi connectivity index (χ3n) is 7.41. The lowest BCUT2D eigenvalue weighted by Gasteiger charge is -2.16. The molecule has 0 aliphatic heterocycles. The van der Waals surface area contributed by atoms with Gasteiger partial charge < -0.3 is 4.42 Å². The molecule has 1 heterocycles. The third-order valence-corrected chi connectivity index (χ3v) is 7.41. The molecule has 0 saturated carbocycles. The quantitative estimate of drug-likeness (QED) is 0.171. The van der Waals surface area contributed by atoms with E-state index in [0.717, 1.165) is 41.9 Å². The maximum absolute atomic E-state index is 6.16. The van der Waals surface area contributed by atoms with Crippen molar-refractivity contribution in [2.75, 3.05) is 0 Å². The number of benzene rings is 3. The lowest BCUT2D eigenvalue weighted by molar-refractivity contribution is 0.499. The molecule has 1 aliphatic rings. The average Bonchev–Trinajstić information content (AvgIpc) is 3.42. The van der Waals surface area contributed by atoms with Crippen LogP contribution in [0.3, 0.4) is 0 Å². The van der Waals surface area contributed by atoms with E-state index in [1.807, 2.05) is 39.8 Å². The van der Waals surface area contributed by atoms with Crippen molar-refractivity contribution in [2.24, 2.45) is 0 Å². The molecular weight excluding hydrogens is 532 g/mol. The van der Waals surface area contributed by atoms with E-state index in [2.05, 4.69) is 140 Å². The van der Waals surface area contributed by atoms with Crippen molar-refractivity contribution in [3.05, 3.63) is 162 Å². The van der Waals surface area contributed by atoms with Gasteiger partial charge in [0.2, 0.25) is 0 Å². The first kappa shape index (κ1) is 32.0. The van der Waals surface area contributed by atoms with Crippen LogP contribution in [0.4, 0.5) is 0 Å². The summed E-state index contributed by atoms with van der Waals surface area (Å²) in [5.74, 6) is 2.02. The molecule has 1 aliphatic carbocycles. The number of furan rings is 1. The summed E-state index contributed by atoms with van der Waals surface area (Å²) in [6.07, 6.45) is 32.6. The number of rotatable bonds is 10. The molecular formula is C43H44O. The first-order chi connectivity index (χ1) is 21.7. The molecule has 1 aromatic heterocycles. The Morgan fingerprint density at radius 1 is 0.864 bits per heavy atom. The van der Waals surface area contributed by atoms with Gasteiger partial charge in [-0.1, -0.05) is 154 Å². The Morgan fingerprint density at radius 3 is 2.39 bits per heavy atom. The fraction of sp³-hybridized carbons (Fsp3) is 0.163. The second-order valence-electron chi connectivity index (χ2n) is 10.2. The highest BCUT2D eigenvalue weighted by atomic mass is 16.3. The van der Waals surface area contributed by atoms with Crippen molar-refractivity contribution < 1.29 is 4.42 Å². The molecule has 0 bridgehead atoms. The number of hydrogen-bond donors (Lipinski definition) is 0. The van der Waals surface area contributed by atoms with Crippen molar-refractivity contribution in [1.82, 2.24) is 0 Å². The van der Waals surface area contributed by atoms with Gasteiger partial charge in [0.15, 0.2) is 0 Å². The lowest BCUT2D eigenvalue weighted by atomic mass is 9.87. The largest absolute Gasteiger partial charge is 0.460 e. The second-order valence-corrected chi connectivity index (χ2v) is 10.2. The van der Waals surface area contributed by atoms with Crippen molar-refractivity contribution >= 4 is 40.6 Å². The van der Waals surface area contributed by atoms with Gasteiger partial charge in [0.25, 0.3) is 0 Å². The monoisotopic (exact) mass is 576 g/mol. The molecule has 5 rings (SSSR count). The topological polar surface area (TPSA) is 13.1 Å². The number of aryl methyl sites for hydroxylation is 1. The summed E-state index contributed by atoms with van der Waals surface area (Å²) in [5.41, 5.74) is 8.33. The van der Waals surface area contributed by atoms with Gasteiger partial charge in [-0.2, -0.15) is 0 Å². The van der Waals surface area contributed by atoms with Gasteiger partial charge in [0, 0.05) is 17.5 Å². The van der Waals surface area contributed by atoms with E-state index in [-0.39, 0.29) is 0 Å². The van der Waals surface area contributed by atoms with Crippen LogP contribution in [0.2, 0.25) is 0 Å². The van der Waals surface area contributed by atoms with E-state index >= 15 is 0 Å². The fourth-order valence-electron chi connectivity index (χ4n) is 5.54. The Hall–Kier alpha value is -4.88. The molecule has 1 nitrogen and oxygen atoms in total. The van der Waals surface area contributed by atoms with Crippen LogP contribution in [0.25, 0.3) is 51.8 Å². The van der Waals surface area contributed by atoms with Gasteiger partial charge in [-0.05, 0) is 77.4 Å². The van der Waals surface area contributed by atoms with Crippen LogP contribution in [0, 0.1) is 0 Å². The van der Waals surface area contributed by atoms with Crippen molar-refractivity contribution in [3.63, 3.8) is 0 Å². The minimum Gasteiger partial charge on any atom is -0.460 e. The summed E-state index contributed by atoms with van der Waals surface area (Å²) in [7, 11) is 0. The number of allylic oxidation sites excluding steroid dienone is 11. The van der Waals surface area contributed by atoms with Crippen molar-refractivity contribution in [3.8, 4) is 11.1 Å². The van der Waals surface area contributed by atoms with E-state index in [0.29, 0.717) is 0 Å². The summed E-state index contributed by atoms with van der Waals surface area (Å²) in [6.45, 7) is 12.1. The van der Waals surface area contributed by atoms with Crippen LogP contribution in [-0.2, 0) is 6.42 Å². The molecule has 222 valence electrons. The first-order valence-electron chi connectivity index (χ1n) is 15.8. The molecule has 0 saturated heterocycles. The third kappa shape index (κ3) is 7.54. The molecule has 4 aromatic rings. The van der Waals surface area contributed by atoms with Crippen LogP contribution in [-0.4, -0.2) is 0 Å². The van der Waals surface area contributed by atoms with E-state index < -0.39 is 0 Å². The standard InChI is InChI=1S/C41H38O.C2H6/c1-4-7-10-24-33-30-38(31-21-11-8-12-22-31)34-25-15-16-28-37(34)41(33)32(19-5-2)23-13-9-14-26-35-36-27-17-18-29-40(36)42-39(35)20-6-3;1-2/h4-8,10-17,19-28,30H,2,9,18,29H2,1,3H3;1-2H3/b7-4-,20-6-,23-13-,24-10-,26-14+,32-19+;. The molecule has 44 heavy (non-hydrogen) atoms. The van der Waals surface area contributed by atoms with Gasteiger partial charge in [-0.3, -0.25) is 0 Å². The van der Waals surface area contributed by atoms with E-state index in [4.69, 9.17) is 4.42 Å². The van der Waals surface area contributed by atoms with Crippen molar-refractivity contribution in [2.45, 2.75) is 47.0 Å². The molecule has 1 heteroatoms. The Bertz CT molecular complexity index is 1760. The van der Waals surface area contributed by atoms with Crippen molar-refractivity contribution in [1.29, 1.82) is 0 Å². The molecule has 0 fully saturated rings. The SMILES string of the molecule is C=C/C=C(\C=C/C/C=C/c1c(/C=C\C)oc2c1C=CCC2)c1c(/C=C\C=C/C)cc(-c2ccccc2)c2ccccc12.CC. The van der Waals surface area contributed by atoms with Crippen LogP contribution >= 0.6 is 0 Å². The van der Waals surface area contributed by atoms with Gasteiger partial charge in [-0.25, -0.2) is 0 Å². The molecule has 0 amide bonds. The zero-order valence-corrected chi connectivity index (χ0v) is 26.6. The maximum atomic E-state index is 6.16. The predicted molar refractivity (Wildman–Crippen MR) is 196 cm³/mol. The van der Waals surface area contributed by atoms with Crippen LogP contribution in [0.5, 0.6) is 0 Å². The molecule has 3 aromatic carbocycles. The number of fused-ring (bicyclic) bond motifs is 2. The average molecular weight is 577 g/mol. The van der Waals surface area contributed by atoms with E-state index in [9.17, 15) is 0 Å².